The van der Waals surface area contributed by atoms with E-state index in [-0.39, 0.29) is 5.54 Å². The van der Waals surface area contributed by atoms with Crippen LogP contribution in [0.25, 0.3) is 0 Å². The van der Waals surface area contributed by atoms with E-state index >= 15 is 0 Å². The highest BCUT2D eigenvalue weighted by molar-refractivity contribution is 5.45. The predicted molar refractivity (Wildman–Crippen MR) is 59.9 cm³/mol. The van der Waals surface area contributed by atoms with Gasteiger partial charge in [-0.1, -0.05) is 24.8 Å². The van der Waals surface area contributed by atoms with Crippen LogP contribution >= 0.6 is 0 Å². The van der Waals surface area contributed by atoms with E-state index in [1.54, 1.807) is 0 Å². The number of hydrogen-bond acceptors (Lipinski definition) is 2. The molecule has 2 rings (SSSR count). The fourth-order valence-corrected chi connectivity index (χ4v) is 2.05. The molecule has 3 N–H and O–H groups in total. The number of nitrogens with one attached hydrogen (secondary N) is 1. The Morgan fingerprint density at radius 1 is 1.57 bits per heavy atom. The maximum atomic E-state index is 5.70. The zero-order valence-corrected chi connectivity index (χ0v) is 8.72. The Morgan fingerprint density at radius 2 is 2.29 bits per heavy atom. The Labute approximate surface area is 85.6 Å². The van der Waals surface area contributed by atoms with E-state index in [9.17, 15) is 0 Å². The quantitative estimate of drug-likeness (QED) is 0.705. The third kappa shape index (κ3) is 1.45. The molecule has 0 saturated heterocycles. The van der Waals surface area contributed by atoms with Crippen molar-refractivity contribution >= 4 is 0 Å². The summed E-state index contributed by atoms with van der Waals surface area (Å²) in [4.78, 5) is 0. The van der Waals surface area contributed by atoms with E-state index < -0.39 is 0 Å². The van der Waals surface area contributed by atoms with E-state index in [2.05, 4.69) is 30.1 Å². The van der Waals surface area contributed by atoms with Gasteiger partial charge in [0, 0.05) is 18.0 Å². The highest BCUT2D eigenvalue weighted by Gasteiger charge is 2.44. The Morgan fingerprint density at radius 3 is 2.79 bits per heavy atom. The third-order valence-electron chi connectivity index (χ3n) is 3.37. The van der Waals surface area contributed by atoms with Crippen LogP contribution in [-0.2, 0) is 0 Å². The lowest BCUT2D eigenvalue weighted by Gasteiger charge is -2.23. The van der Waals surface area contributed by atoms with Crippen molar-refractivity contribution in [2.24, 2.45) is 11.7 Å². The lowest BCUT2D eigenvalue weighted by Crippen LogP contribution is -2.30. The molecule has 2 aliphatic rings. The second-order valence-corrected chi connectivity index (χ2v) is 4.20. The molecule has 1 fully saturated rings. The molecular formula is C12H18N2. The van der Waals surface area contributed by atoms with Gasteiger partial charge >= 0.3 is 0 Å². The van der Waals surface area contributed by atoms with Gasteiger partial charge in [-0.05, 0) is 31.0 Å². The fraction of sp³-hybridized carbons (Fsp3) is 0.500. The van der Waals surface area contributed by atoms with Crippen molar-refractivity contribution in [1.82, 2.24) is 5.32 Å². The molecule has 1 atom stereocenters. The van der Waals surface area contributed by atoms with Gasteiger partial charge in [-0.2, -0.15) is 0 Å². The highest BCUT2D eigenvalue weighted by Crippen LogP contribution is 2.44. The zero-order chi connectivity index (χ0) is 10.2. The molecule has 2 nitrogen and oxygen atoms in total. The van der Waals surface area contributed by atoms with Crippen LogP contribution in [0.15, 0.2) is 36.0 Å². The molecule has 0 heterocycles. The molecule has 0 aliphatic heterocycles. The van der Waals surface area contributed by atoms with Gasteiger partial charge in [0.1, 0.15) is 0 Å². The van der Waals surface area contributed by atoms with E-state index in [1.807, 2.05) is 7.05 Å². The summed E-state index contributed by atoms with van der Waals surface area (Å²) < 4.78 is 0. The highest BCUT2D eigenvalue weighted by atomic mass is 15.0. The summed E-state index contributed by atoms with van der Waals surface area (Å²) in [5, 5.41) is 3.39. The maximum absolute atomic E-state index is 5.70. The average molecular weight is 190 g/mol. The Hall–Kier alpha value is -0.860. The topological polar surface area (TPSA) is 38.0 Å². The van der Waals surface area contributed by atoms with Crippen LogP contribution in [0.5, 0.6) is 0 Å². The minimum atomic E-state index is 0.255. The van der Waals surface area contributed by atoms with Gasteiger partial charge in [-0.25, -0.2) is 0 Å². The third-order valence-corrected chi connectivity index (χ3v) is 3.37. The van der Waals surface area contributed by atoms with Crippen LogP contribution in [-0.4, -0.2) is 19.1 Å². The Balaban J connectivity index is 2.21. The van der Waals surface area contributed by atoms with Crippen LogP contribution in [0, 0.1) is 5.92 Å². The van der Waals surface area contributed by atoms with Crippen LogP contribution in [0.4, 0.5) is 0 Å². The number of rotatable bonds is 3. The summed E-state index contributed by atoms with van der Waals surface area (Å²) in [6.07, 6.45) is 9.03. The number of nitrogens with two attached hydrogens (primary N) is 1. The number of hydrogen-bond donors (Lipinski definition) is 2. The second-order valence-electron chi connectivity index (χ2n) is 4.20. The van der Waals surface area contributed by atoms with Gasteiger partial charge in [-0.3, -0.25) is 0 Å². The Kier molecular flexibility index (Phi) is 2.33. The van der Waals surface area contributed by atoms with Gasteiger partial charge in [0.2, 0.25) is 0 Å². The molecule has 0 aromatic heterocycles. The minimum absolute atomic E-state index is 0.255. The van der Waals surface area contributed by atoms with E-state index in [0.717, 1.165) is 5.57 Å². The smallest absolute Gasteiger partial charge is 0.0430 e. The van der Waals surface area contributed by atoms with Gasteiger partial charge in [0.05, 0.1) is 0 Å². The van der Waals surface area contributed by atoms with Crippen molar-refractivity contribution in [3.8, 4) is 0 Å². The minimum Gasteiger partial charge on any atom is -0.330 e. The molecule has 76 valence electrons. The molecule has 2 heteroatoms. The molecular weight excluding hydrogens is 172 g/mol. The summed E-state index contributed by atoms with van der Waals surface area (Å²) in [6.45, 7) is 4.66. The predicted octanol–water partition coefficient (Wildman–Crippen LogP) is 1.37. The largest absolute Gasteiger partial charge is 0.330 e. The standard InChI is InChI=1S/C12H18N2/c1-9-3-4-11(7-10(9)8-13)12(14-2)5-6-12/h3-4,7,10,14H,1,5-6,8,13H2,2H3. The van der Waals surface area contributed by atoms with Crippen molar-refractivity contribution < 1.29 is 0 Å². The van der Waals surface area contributed by atoms with Crippen molar-refractivity contribution in [1.29, 1.82) is 0 Å². The molecule has 0 amide bonds. The molecule has 0 aromatic carbocycles. The first-order valence-electron chi connectivity index (χ1n) is 5.20. The second kappa shape index (κ2) is 3.37. The first-order valence-corrected chi connectivity index (χ1v) is 5.20. The molecule has 1 unspecified atom stereocenters. The monoisotopic (exact) mass is 190 g/mol. The maximum Gasteiger partial charge on any atom is 0.0430 e. The first-order chi connectivity index (χ1) is 6.72. The molecule has 2 aliphatic carbocycles. The van der Waals surface area contributed by atoms with Crippen molar-refractivity contribution in [2.45, 2.75) is 18.4 Å². The molecule has 0 bridgehead atoms. The number of allylic oxidation sites excluding steroid dienone is 1. The van der Waals surface area contributed by atoms with Gasteiger partial charge in [0.15, 0.2) is 0 Å². The summed E-state index contributed by atoms with van der Waals surface area (Å²) in [5.74, 6) is 0.334. The van der Waals surface area contributed by atoms with E-state index in [4.69, 9.17) is 5.73 Å². The van der Waals surface area contributed by atoms with E-state index in [1.165, 1.54) is 18.4 Å². The van der Waals surface area contributed by atoms with Crippen molar-refractivity contribution in [3.05, 3.63) is 36.0 Å². The lowest BCUT2D eigenvalue weighted by atomic mass is 9.88. The molecule has 14 heavy (non-hydrogen) atoms. The van der Waals surface area contributed by atoms with E-state index in [0.29, 0.717) is 12.5 Å². The van der Waals surface area contributed by atoms with Gasteiger partial charge < -0.3 is 11.1 Å². The van der Waals surface area contributed by atoms with Gasteiger partial charge in [-0.15, -0.1) is 0 Å². The molecule has 0 aromatic rings. The summed E-state index contributed by atoms with van der Waals surface area (Å²) in [7, 11) is 2.03. The van der Waals surface area contributed by atoms with Crippen molar-refractivity contribution in [2.75, 3.05) is 13.6 Å². The SMILES string of the molecule is C=C1C=CC(C2(NC)CC2)=CC1CN. The zero-order valence-electron chi connectivity index (χ0n) is 8.72. The lowest BCUT2D eigenvalue weighted by molar-refractivity contribution is 0.631. The van der Waals surface area contributed by atoms with Crippen LogP contribution in [0.3, 0.4) is 0 Å². The molecule has 0 radical (unpaired) electrons. The van der Waals surface area contributed by atoms with Crippen LogP contribution in [0.1, 0.15) is 12.8 Å². The van der Waals surface area contributed by atoms with Crippen molar-refractivity contribution in [3.63, 3.8) is 0 Å². The average Bonchev–Trinajstić information content (AvgIpc) is 2.99. The number of likely N-dealkylation sites (N-methyl/N-ethyl adjacent to an activating group) is 1. The van der Waals surface area contributed by atoms with Gasteiger partial charge in [0.25, 0.3) is 0 Å². The summed E-state index contributed by atoms with van der Waals surface area (Å²) in [6, 6.07) is 0. The van der Waals surface area contributed by atoms with Crippen LogP contribution < -0.4 is 11.1 Å². The normalized spacial score (nSPS) is 28.9. The summed E-state index contributed by atoms with van der Waals surface area (Å²) >= 11 is 0. The molecule has 1 saturated carbocycles. The first kappa shape index (κ1) is 9.69. The fourth-order valence-electron chi connectivity index (χ4n) is 2.05. The Bertz CT molecular complexity index is 308. The van der Waals surface area contributed by atoms with Crippen LogP contribution in [0.2, 0.25) is 0 Å². The summed E-state index contributed by atoms with van der Waals surface area (Å²) in [5.41, 5.74) is 8.48. The molecule has 0 spiro atoms.